The normalized spacial score (nSPS) is 11.6. The highest BCUT2D eigenvalue weighted by Crippen LogP contribution is 2.28. The van der Waals surface area contributed by atoms with E-state index in [1.54, 1.807) is 61.5 Å². The lowest BCUT2D eigenvalue weighted by molar-refractivity contribution is -0.114. The van der Waals surface area contributed by atoms with E-state index in [1.807, 2.05) is 13.0 Å². The molecule has 0 aliphatic carbocycles. The van der Waals surface area contributed by atoms with Crippen molar-refractivity contribution in [2.45, 2.75) is 23.6 Å². The van der Waals surface area contributed by atoms with Crippen LogP contribution in [0.3, 0.4) is 0 Å². The topological polar surface area (TPSA) is 113 Å². The van der Waals surface area contributed by atoms with E-state index in [-0.39, 0.29) is 9.79 Å². The van der Waals surface area contributed by atoms with Gasteiger partial charge in [0.1, 0.15) is 6.54 Å². The van der Waals surface area contributed by atoms with Crippen molar-refractivity contribution in [3.63, 3.8) is 0 Å². The van der Waals surface area contributed by atoms with Gasteiger partial charge in [0.15, 0.2) is 0 Å². The van der Waals surface area contributed by atoms with E-state index >= 15 is 0 Å². The number of rotatable bonds is 9. The number of halogens is 1. The van der Waals surface area contributed by atoms with Crippen LogP contribution in [0.25, 0.3) is 0 Å². The van der Waals surface area contributed by atoms with Gasteiger partial charge in [-0.2, -0.15) is 0 Å². The molecule has 0 saturated carbocycles. The van der Waals surface area contributed by atoms with Gasteiger partial charge in [-0.15, -0.1) is 0 Å². The van der Waals surface area contributed by atoms with E-state index in [1.165, 1.54) is 36.4 Å². The minimum Gasteiger partial charge on any atom is -0.325 e. The van der Waals surface area contributed by atoms with Crippen molar-refractivity contribution in [1.82, 2.24) is 0 Å². The Labute approximate surface area is 233 Å². The van der Waals surface area contributed by atoms with Crippen LogP contribution in [0.15, 0.2) is 107 Å². The predicted octanol–water partition coefficient (Wildman–Crippen LogP) is 5.59. The summed E-state index contributed by atoms with van der Waals surface area (Å²) < 4.78 is 56.1. The number of carbonyl (C=O) groups excluding carboxylic acids is 1. The number of carbonyl (C=O) groups is 1. The maximum atomic E-state index is 13.5. The van der Waals surface area contributed by atoms with Crippen molar-refractivity contribution < 1.29 is 21.6 Å². The second-order valence-electron chi connectivity index (χ2n) is 8.80. The monoisotopic (exact) mass is 583 g/mol. The number of sulfonamides is 2. The Bertz CT molecular complexity index is 1690. The molecule has 0 unspecified atom stereocenters. The quantitative estimate of drug-likeness (QED) is 0.267. The molecule has 0 aliphatic heterocycles. The van der Waals surface area contributed by atoms with Gasteiger partial charge in [0, 0.05) is 16.4 Å². The van der Waals surface area contributed by atoms with Crippen LogP contribution < -0.4 is 14.3 Å². The molecule has 0 bridgehead atoms. The summed E-state index contributed by atoms with van der Waals surface area (Å²) in [4.78, 5) is 13.1. The molecule has 11 heteroatoms. The molecular weight excluding hydrogens is 558 g/mol. The summed E-state index contributed by atoms with van der Waals surface area (Å²) in [5, 5.41) is 3.13. The number of benzene rings is 4. The highest BCUT2D eigenvalue weighted by atomic mass is 35.5. The molecule has 0 spiro atoms. The Morgan fingerprint density at radius 1 is 0.769 bits per heavy atom. The van der Waals surface area contributed by atoms with Crippen LogP contribution in [0.2, 0.25) is 5.02 Å². The van der Waals surface area contributed by atoms with Crippen molar-refractivity contribution in [2.24, 2.45) is 0 Å². The van der Waals surface area contributed by atoms with Gasteiger partial charge >= 0.3 is 0 Å². The SMILES string of the molecule is Cc1ccc(N(CC(=O)Nc2ccc(S(=O)(=O)Nc3ccc(Cl)cc3)cc2)S(=O)(=O)c2ccccc2)c(C)c1. The molecule has 0 radical (unpaired) electrons. The molecule has 4 rings (SSSR count). The number of hydrogen-bond donors (Lipinski definition) is 2. The molecule has 1 amide bonds. The third-order valence-corrected chi connectivity index (χ3v) is 9.21. The van der Waals surface area contributed by atoms with Gasteiger partial charge in [-0.1, -0.05) is 47.5 Å². The number of nitrogens with zero attached hydrogens (tertiary/aromatic N) is 1. The minimum atomic E-state index is -4.06. The Kier molecular flexibility index (Phi) is 8.29. The molecule has 0 atom stereocenters. The molecule has 0 heterocycles. The van der Waals surface area contributed by atoms with E-state index in [2.05, 4.69) is 10.0 Å². The molecule has 8 nitrogen and oxygen atoms in total. The summed E-state index contributed by atoms with van der Waals surface area (Å²) in [7, 11) is -7.94. The van der Waals surface area contributed by atoms with Gasteiger partial charge in [-0.05, 0) is 86.1 Å². The highest BCUT2D eigenvalue weighted by molar-refractivity contribution is 7.93. The van der Waals surface area contributed by atoms with Crippen LogP contribution >= 0.6 is 11.6 Å². The highest BCUT2D eigenvalue weighted by Gasteiger charge is 2.28. The fourth-order valence-electron chi connectivity index (χ4n) is 3.88. The van der Waals surface area contributed by atoms with Gasteiger partial charge < -0.3 is 5.32 Å². The average Bonchev–Trinajstić information content (AvgIpc) is 2.90. The third kappa shape index (κ3) is 6.78. The molecule has 2 N–H and O–H groups in total. The van der Waals surface area contributed by atoms with E-state index in [0.29, 0.717) is 27.6 Å². The molecule has 4 aromatic rings. The first kappa shape index (κ1) is 28.2. The second-order valence-corrected chi connectivity index (χ2v) is 12.8. The third-order valence-electron chi connectivity index (χ3n) is 5.78. The largest absolute Gasteiger partial charge is 0.325 e. The van der Waals surface area contributed by atoms with Gasteiger partial charge in [0.05, 0.1) is 15.5 Å². The lowest BCUT2D eigenvalue weighted by Crippen LogP contribution is -2.38. The maximum Gasteiger partial charge on any atom is 0.264 e. The zero-order chi connectivity index (χ0) is 28.2. The van der Waals surface area contributed by atoms with E-state index < -0.39 is 32.5 Å². The molecule has 4 aromatic carbocycles. The number of nitrogens with one attached hydrogen (secondary N) is 2. The lowest BCUT2D eigenvalue weighted by Gasteiger charge is -2.26. The number of amides is 1. The first-order valence-electron chi connectivity index (χ1n) is 11.8. The Morgan fingerprint density at radius 3 is 2.00 bits per heavy atom. The molecule has 202 valence electrons. The summed E-state index contributed by atoms with van der Waals surface area (Å²) in [6, 6.07) is 25.0. The Morgan fingerprint density at radius 2 is 1.38 bits per heavy atom. The van der Waals surface area contributed by atoms with Crippen molar-refractivity contribution in [3.05, 3.63) is 113 Å². The van der Waals surface area contributed by atoms with Crippen molar-refractivity contribution in [1.29, 1.82) is 0 Å². The van der Waals surface area contributed by atoms with Crippen LogP contribution in [-0.4, -0.2) is 29.3 Å². The zero-order valence-corrected chi connectivity index (χ0v) is 23.5. The standard InChI is InChI=1S/C28H26ClN3O5S2/c1-20-8-17-27(21(2)18-20)32(39(36,37)26-6-4-3-5-7-26)19-28(33)30-23-13-15-25(16-14-23)38(34,35)31-24-11-9-22(29)10-12-24/h3-18,31H,19H2,1-2H3,(H,30,33). The Balaban J connectivity index is 1.54. The molecule has 0 aliphatic rings. The fourth-order valence-corrected chi connectivity index (χ4v) is 6.58. The van der Waals surface area contributed by atoms with Crippen LogP contribution in [0.5, 0.6) is 0 Å². The van der Waals surface area contributed by atoms with Gasteiger partial charge in [-0.3, -0.25) is 13.8 Å². The van der Waals surface area contributed by atoms with Crippen LogP contribution in [0.1, 0.15) is 11.1 Å². The van der Waals surface area contributed by atoms with Crippen molar-refractivity contribution in [3.8, 4) is 0 Å². The molecule has 39 heavy (non-hydrogen) atoms. The zero-order valence-electron chi connectivity index (χ0n) is 21.1. The summed E-state index contributed by atoms with van der Waals surface area (Å²) in [6.07, 6.45) is 0. The Hall–Kier alpha value is -3.86. The molecule has 0 saturated heterocycles. The number of aryl methyl sites for hydroxylation is 2. The number of hydrogen-bond acceptors (Lipinski definition) is 5. The summed E-state index contributed by atoms with van der Waals surface area (Å²) in [5.41, 5.74) is 2.70. The van der Waals surface area contributed by atoms with Crippen LogP contribution in [0, 0.1) is 13.8 Å². The van der Waals surface area contributed by atoms with Gasteiger partial charge in [0.2, 0.25) is 5.91 Å². The molecule has 0 aromatic heterocycles. The van der Waals surface area contributed by atoms with Crippen molar-refractivity contribution >= 4 is 54.6 Å². The first-order chi connectivity index (χ1) is 18.5. The minimum absolute atomic E-state index is 0.0148. The van der Waals surface area contributed by atoms with E-state index in [0.717, 1.165) is 9.87 Å². The summed E-state index contributed by atoms with van der Waals surface area (Å²) in [5.74, 6) is -0.593. The second kappa shape index (κ2) is 11.5. The average molecular weight is 584 g/mol. The predicted molar refractivity (Wildman–Crippen MR) is 154 cm³/mol. The number of anilines is 3. The van der Waals surface area contributed by atoms with Crippen LogP contribution in [-0.2, 0) is 24.8 Å². The summed E-state index contributed by atoms with van der Waals surface area (Å²) >= 11 is 5.85. The van der Waals surface area contributed by atoms with E-state index in [9.17, 15) is 21.6 Å². The lowest BCUT2D eigenvalue weighted by atomic mass is 10.1. The van der Waals surface area contributed by atoms with Gasteiger partial charge in [0.25, 0.3) is 20.0 Å². The van der Waals surface area contributed by atoms with Crippen molar-refractivity contribution in [2.75, 3.05) is 20.9 Å². The summed E-state index contributed by atoms with van der Waals surface area (Å²) in [6.45, 7) is 3.19. The smallest absolute Gasteiger partial charge is 0.264 e. The van der Waals surface area contributed by atoms with E-state index in [4.69, 9.17) is 11.6 Å². The molecule has 0 fully saturated rings. The first-order valence-corrected chi connectivity index (χ1v) is 15.1. The maximum absolute atomic E-state index is 13.5. The van der Waals surface area contributed by atoms with Crippen LogP contribution in [0.4, 0.5) is 17.1 Å². The molecular formula is C28H26ClN3O5S2. The fraction of sp³-hybridized carbons (Fsp3) is 0.107. The van der Waals surface area contributed by atoms with Gasteiger partial charge in [-0.25, -0.2) is 16.8 Å².